The summed E-state index contributed by atoms with van der Waals surface area (Å²) in [6, 6.07) is 6.61. The second-order valence-corrected chi connectivity index (χ2v) is 8.55. The maximum absolute atomic E-state index is 12.2. The maximum atomic E-state index is 12.2. The van der Waals surface area contributed by atoms with E-state index in [0.29, 0.717) is 46.3 Å². The lowest BCUT2D eigenvalue weighted by atomic mass is 10.1. The molecule has 1 aliphatic heterocycles. The van der Waals surface area contributed by atoms with Crippen LogP contribution in [0.1, 0.15) is 18.9 Å². The van der Waals surface area contributed by atoms with Gasteiger partial charge in [0.2, 0.25) is 5.91 Å². The van der Waals surface area contributed by atoms with Crippen LogP contribution in [0.25, 0.3) is 28.0 Å². The average Bonchev–Trinajstić information content (AvgIpc) is 3.29. The zero-order chi connectivity index (χ0) is 23.8. The second kappa shape index (κ2) is 8.75. The quantitative estimate of drug-likeness (QED) is 0.453. The van der Waals surface area contributed by atoms with Crippen LogP contribution >= 0.6 is 11.6 Å². The Labute approximate surface area is 200 Å². The van der Waals surface area contributed by atoms with Crippen molar-refractivity contribution < 1.29 is 4.79 Å². The number of likely N-dealkylation sites (tertiary alicyclic amines) is 1. The van der Waals surface area contributed by atoms with E-state index >= 15 is 0 Å². The molecule has 10 heteroatoms. The van der Waals surface area contributed by atoms with E-state index in [1.807, 2.05) is 16.8 Å². The number of nitrogens with two attached hydrogens (primary N) is 1. The molecule has 0 saturated carbocycles. The Morgan fingerprint density at radius 3 is 2.68 bits per heavy atom. The normalized spacial score (nSPS) is 16.0. The number of halogens is 1. The number of amides is 1. The molecule has 5 heterocycles. The van der Waals surface area contributed by atoms with E-state index in [4.69, 9.17) is 22.4 Å². The predicted octanol–water partition coefficient (Wildman–Crippen LogP) is 3.23. The van der Waals surface area contributed by atoms with Crippen LogP contribution in [0, 0.1) is 0 Å². The number of piperidine rings is 1. The smallest absolute Gasteiger partial charge is 0.246 e. The fourth-order valence-corrected chi connectivity index (χ4v) is 4.58. The van der Waals surface area contributed by atoms with Gasteiger partial charge in [-0.1, -0.05) is 18.2 Å². The molecule has 1 amide bonds. The fourth-order valence-electron chi connectivity index (χ4n) is 4.35. The van der Waals surface area contributed by atoms with Crippen molar-refractivity contribution in [3.63, 3.8) is 0 Å². The van der Waals surface area contributed by atoms with Gasteiger partial charge in [-0.15, -0.1) is 0 Å². The number of rotatable bonds is 4. The Kier molecular flexibility index (Phi) is 5.62. The number of hydrogen-bond donors (Lipinski definition) is 1. The summed E-state index contributed by atoms with van der Waals surface area (Å²) < 4.78 is 3.62. The van der Waals surface area contributed by atoms with Gasteiger partial charge in [0.1, 0.15) is 17.3 Å². The number of carbonyl (C=O) groups is 1. The highest BCUT2D eigenvalue weighted by atomic mass is 35.5. The molecule has 9 nitrogen and oxygen atoms in total. The number of aromatic nitrogens is 5. The van der Waals surface area contributed by atoms with Gasteiger partial charge in [-0.25, -0.2) is 9.97 Å². The molecule has 1 saturated heterocycles. The monoisotopic (exact) mass is 475 g/mol. The van der Waals surface area contributed by atoms with Crippen LogP contribution in [0.4, 0.5) is 5.82 Å². The molecular formula is C24H22ClN7O2. The summed E-state index contributed by atoms with van der Waals surface area (Å²) in [5.74, 6) is 0.874. The van der Waals surface area contributed by atoms with E-state index in [9.17, 15) is 9.59 Å². The fraction of sp³-hybridized carbons (Fsp3) is 0.208. The molecule has 4 aromatic rings. The summed E-state index contributed by atoms with van der Waals surface area (Å²) in [6.07, 6.45) is 9.57. The van der Waals surface area contributed by atoms with Crippen LogP contribution in [-0.4, -0.2) is 48.2 Å². The van der Waals surface area contributed by atoms with Crippen molar-refractivity contribution >= 4 is 34.2 Å². The Morgan fingerprint density at radius 1 is 1.18 bits per heavy atom. The Hall–Kier alpha value is -3.98. The molecule has 2 N–H and O–H groups in total. The third-order valence-electron chi connectivity index (χ3n) is 6.02. The van der Waals surface area contributed by atoms with Gasteiger partial charge in [0.15, 0.2) is 5.43 Å². The van der Waals surface area contributed by atoms with Crippen LogP contribution in [0.15, 0.2) is 66.5 Å². The highest BCUT2D eigenvalue weighted by Crippen LogP contribution is 2.38. The van der Waals surface area contributed by atoms with Gasteiger partial charge in [0.25, 0.3) is 0 Å². The maximum Gasteiger partial charge on any atom is 0.246 e. The minimum Gasteiger partial charge on any atom is -0.383 e. The summed E-state index contributed by atoms with van der Waals surface area (Å²) in [5.41, 5.74) is 8.27. The predicted molar refractivity (Wildman–Crippen MR) is 131 cm³/mol. The van der Waals surface area contributed by atoms with Gasteiger partial charge in [-0.2, -0.15) is 5.10 Å². The van der Waals surface area contributed by atoms with Crippen molar-refractivity contribution in [3.8, 4) is 17.1 Å². The third-order valence-corrected chi connectivity index (χ3v) is 6.30. The molecule has 5 rings (SSSR count). The lowest BCUT2D eigenvalue weighted by Gasteiger charge is -2.32. The first-order valence-electron chi connectivity index (χ1n) is 10.8. The number of carbonyl (C=O) groups excluding carboxylic acids is 1. The highest BCUT2D eigenvalue weighted by molar-refractivity contribution is 6.35. The van der Waals surface area contributed by atoms with Gasteiger partial charge in [-0.05, 0) is 31.1 Å². The molecule has 4 aromatic heterocycles. The summed E-state index contributed by atoms with van der Waals surface area (Å²) in [7, 11) is 0. The second-order valence-electron chi connectivity index (χ2n) is 8.14. The molecule has 172 valence electrons. The number of pyridine rings is 3. The van der Waals surface area contributed by atoms with Crippen molar-refractivity contribution in [2.45, 2.75) is 18.9 Å². The van der Waals surface area contributed by atoms with Crippen molar-refractivity contribution in [3.05, 3.63) is 77.0 Å². The van der Waals surface area contributed by atoms with Crippen LogP contribution in [0.3, 0.4) is 0 Å². The highest BCUT2D eigenvalue weighted by Gasteiger charge is 2.28. The van der Waals surface area contributed by atoms with Crippen LogP contribution in [-0.2, 0) is 4.79 Å². The van der Waals surface area contributed by atoms with E-state index in [0.717, 1.165) is 18.4 Å². The van der Waals surface area contributed by atoms with E-state index in [1.54, 1.807) is 28.1 Å². The van der Waals surface area contributed by atoms with Gasteiger partial charge in [0, 0.05) is 49.4 Å². The van der Waals surface area contributed by atoms with E-state index in [1.165, 1.54) is 24.4 Å². The minimum absolute atomic E-state index is 0.0680. The summed E-state index contributed by atoms with van der Waals surface area (Å²) in [5, 5.41) is 5.99. The minimum atomic E-state index is -0.101. The number of hydrogen-bond acceptors (Lipinski definition) is 6. The molecule has 34 heavy (non-hydrogen) atoms. The molecule has 0 aromatic carbocycles. The Morgan fingerprint density at radius 2 is 1.97 bits per heavy atom. The lowest BCUT2D eigenvalue weighted by molar-refractivity contribution is -0.127. The first-order valence-corrected chi connectivity index (χ1v) is 11.2. The topological polar surface area (TPSA) is 112 Å². The molecule has 1 fully saturated rings. The molecule has 0 spiro atoms. The lowest BCUT2D eigenvalue weighted by Crippen LogP contribution is -2.40. The van der Waals surface area contributed by atoms with Crippen molar-refractivity contribution in [2.75, 3.05) is 18.8 Å². The first-order chi connectivity index (χ1) is 16.5. The van der Waals surface area contributed by atoms with Crippen LogP contribution in [0.5, 0.6) is 0 Å². The van der Waals surface area contributed by atoms with Crippen molar-refractivity contribution in [1.29, 1.82) is 0 Å². The zero-order valence-electron chi connectivity index (χ0n) is 18.3. The van der Waals surface area contributed by atoms with E-state index in [2.05, 4.69) is 16.5 Å². The van der Waals surface area contributed by atoms with Gasteiger partial charge in [-0.3, -0.25) is 14.3 Å². The number of nitrogen functional groups attached to an aromatic ring is 1. The van der Waals surface area contributed by atoms with Crippen LogP contribution < -0.4 is 11.2 Å². The molecule has 0 unspecified atom stereocenters. The van der Waals surface area contributed by atoms with E-state index < -0.39 is 0 Å². The van der Waals surface area contributed by atoms with Crippen molar-refractivity contribution in [2.24, 2.45) is 0 Å². The molecule has 0 bridgehead atoms. The largest absolute Gasteiger partial charge is 0.383 e. The first kappa shape index (κ1) is 21.8. The standard InChI is InChI=1S/C24H22ClN7O2/c1-2-20(34)31-9-3-4-16(14-31)32-23-18(25)13-28-24(26)21(23)22(29-32)15-5-6-19(27-12-15)30-10-7-17(33)8-11-30/h2,5-8,10-13,16H,1,3-4,9,14H2,(H2,26,28)/t16-/m1/s1. The number of anilines is 1. The number of nitrogens with zero attached hydrogens (tertiary/aromatic N) is 6. The summed E-state index contributed by atoms with van der Waals surface area (Å²) in [4.78, 5) is 34.2. The van der Waals surface area contributed by atoms with Gasteiger partial charge >= 0.3 is 0 Å². The van der Waals surface area contributed by atoms with Gasteiger partial charge < -0.3 is 15.2 Å². The Balaban J connectivity index is 1.59. The average molecular weight is 476 g/mol. The SMILES string of the molecule is C=CC(=O)N1CCC[C@@H](n2nc(-c3ccc(-n4ccc(=O)cc4)nc3)c3c(N)ncc(Cl)c32)C1. The Bertz CT molecular complexity index is 1440. The van der Waals surface area contributed by atoms with Gasteiger partial charge in [0.05, 0.1) is 28.2 Å². The molecule has 0 aliphatic carbocycles. The molecule has 1 aliphatic rings. The van der Waals surface area contributed by atoms with Crippen LogP contribution in [0.2, 0.25) is 5.02 Å². The molecular weight excluding hydrogens is 454 g/mol. The van der Waals surface area contributed by atoms with E-state index in [-0.39, 0.29) is 17.4 Å². The third kappa shape index (κ3) is 3.84. The zero-order valence-corrected chi connectivity index (χ0v) is 19.0. The number of fused-ring (bicyclic) bond motifs is 1. The molecule has 0 radical (unpaired) electrons. The summed E-state index contributed by atoms with van der Waals surface area (Å²) >= 11 is 6.58. The van der Waals surface area contributed by atoms with Crippen molar-refractivity contribution in [1.82, 2.24) is 29.2 Å². The summed E-state index contributed by atoms with van der Waals surface area (Å²) in [6.45, 7) is 4.79. The molecule has 1 atom stereocenters.